The SMILES string of the molecule is CC(=O)Nc1ccc(C(=O)N(CCCCC2Cc3cc(O)ccc3C3C2C2CC[C@H](O)C2(C)C[C@@H]3F)CCCc2ccccc2)cc1. The number of aliphatic hydroxyl groups is 1. The lowest BCUT2D eigenvalue weighted by Gasteiger charge is -2.54. The molecule has 3 aromatic carbocycles. The number of fused-ring (bicyclic) bond motifs is 5. The summed E-state index contributed by atoms with van der Waals surface area (Å²) in [4.78, 5) is 27.2. The number of benzene rings is 3. The number of phenolic OH excluding ortho intramolecular Hbond substituents is 1. The summed E-state index contributed by atoms with van der Waals surface area (Å²) in [5.74, 6) is 0.540. The maximum Gasteiger partial charge on any atom is 0.253 e. The summed E-state index contributed by atoms with van der Waals surface area (Å²) in [6.45, 7) is 4.83. The fourth-order valence-corrected chi connectivity index (χ4v) is 9.26. The molecule has 7 heteroatoms. The van der Waals surface area contributed by atoms with E-state index in [0.717, 1.165) is 62.5 Å². The number of rotatable bonds is 11. The molecule has 47 heavy (non-hydrogen) atoms. The lowest BCUT2D eigenvalue weighted by Crippen LogP contribution is -2.51. The van der Waals surface area contributed by atoms with E-state index in [1.54, 1.807) is 30.3 Å². The molecule has 7 atom stereocenters. The molecule has 2 saturated carbocycles. The monoisotopic (exact) mass is 640 g/mol. The van der Waals surface area contributed by atoms with Gasteiger partial charge in [-0.15, -0.1) is 0 Å². The molecule has 0 heterocycles. The number of nitrogens with one attached hydrogen (secondary N) is 1. The highest BCUT2D eigenvalue weighted by Crippen LogP contribution is 2.63. The van der Waals surface area contributed by atoms with Crippen molar-refractivity contribution in [3.8, 4) is 5.75 Å². The second kappa shape index (κ2) is 14.2. The van der Waals surface area contributed by atoms with Gasteiger partial charge < -0.3 is 20.4 Å². The first-order chi connectivity index (χ1) is 22.6. The number of aryl methyl sites for hydroxylation is 1. The number of anilines is 1. The van der Waals surface area contributed by atoms with E-state index in [2.05, 4.69) is 24.4 Å². The number of carbonyl (C=O) groups is 2. The van der Waals surface area contributed by atoms with Gasteiger partial charge in [0.25, 0.3) is 5.91 Å². The predicted molar refractivity (Wildman–Crippen MR) is 183 cm³/mol. The van der Waals surface area contributed by atoms with E-state index in [1.165, 1.54) is 12.5 Å². The maximum atomic E-state index is 16.2. The van der Waals surface area contributed by atoms with Crippen molar-refractivity contribution in [2.45, 2.75) is 89.8 Å². The van der Waals surface area contributed by atoms with Gasteiger partial charge in [0.2, 0.25) is 5.91 Å². The van der Waals surface area contributed by atoms with Gasteiger partial charge in [0.05, 0.1) is 6.10 Å². The van der Waals surface area contributed by atoms with Crippen LogP contribution in [0.3, 0.4) is 0 Å². The summed E-state index contributed by atoms with van der Waals surface area (Å²) in [7, 11) is 0. The predicted octanol–water partition coefficient (Wildman–Crippen LogP) is 7.69. The molecule has 0 saturated heterocycles. The van der Waals surface area contributed by atoms with Gasteiger partial charge in [0.15, 0.2) is 0 Å². The zero-order valence-electron chi connectivity index (χ0n) is 27.7. The molecular formula is C40H49FN2O4. The smallest absolute Gasteiger partial charge is 0.253 e. The van der Waals surface area contributed by atoms with Crippen LogP contribution in [-0.4, -0.2) is 52.3 Å². The number of hydrogen-bond acceptors (Lipinski definition) is 4. The Morgan fingerprint density at radius 1 is 0.979 bits per heavy atom. The summed E-state index contributed by atoms with van der Waals surface area (Å²) in [6, 6.07) is 22.8. The Morgan fingerprint density at radius 2 is 1.72 bits per heavy atom. The first-order valence-corrected chi connectivity index (χ1v) is 17.5. The molecule has 250 valence electrons. The molecule has 3 aromatic rings. The Kier molecular flexibility index (Phi) is 10.0. The molecule has 0 aliphatic heterocycles. The van der Waals surface area contributed by atoms with Gasteiger partial charge in [0.1, 0.15) is 11.9 Å². The van der Waals surface area contributed by atoms with Gasteiger partial charge in [-0.2, -0.15) is 0 Å². The van der Waals surface area contributed by atoms with E-state index in [9.17, 15) is 19.8 Å². The number of phenols is 1. The van der Waals surface area contributed by atoms with Gasteiger partial charge in [-0.3, -0.25) is 9.59 Å². The standard InChI is InChI=1S/C40H49FN2O4/c1-26(44)42-31-15-13-28(14-16-31)39(47)43(22-8-11-27-9-4-3-5-10-27)21-7-6-12-29-23-30-24-32(45)17-18-33(30)38-35(41)25-40(2)34(37(29)38)19-20-36(40)46/h3-5,9-10,13-18,24,29,34-38,45-46H,6-8,11-12,19-23,25H2,1-2H3,(H,42,44)/t29?,34?,35-,36-,37?,38?,40?/m0/s1. The molecule has 0 aromatic heterocycles. The van der Waals surface area contributed by atoms with E-state index >= 15 is 4.39 Å². The Hall–Kier alpha value is -3.71. The molecule has 0 radical (unpaired) electrons. The number of hydrogen-bond donors (Lipinski definition) is 3. The van der Waals surface area contributed by atoms with Crippen LogP contribution in [0, 0.1) is 23.2 Å². The quantitative estimate of drug-likeness (QED) is 0.188. The fraction of sp³-hybridized carbons (Fsp3) is 0.500. The van der Waals surface area contributed by atoms with E-state index in [1.807, 2.05) is 35.2 Å². The summed E-state index contributed by atoms with van der Waals surface area (Å²) in [5, 5.41) is 24.0. The minimum absolute atomic E-state index is 0.0159. The highest BCUT2D eigenvalue weighted by Gasteiger charge is 2.59. The molecule has 5 unspecified atom stereocenters. The molecule has 3 aliphatic carbocycles. The first kappa shape index (κ1) is 33.2. The van der Waals surface area contributed by atoms with Crippen molar-refractivity contribution >= 4 is 17.5 Å². The summed E-state index contributed by atoms with van der Waals surface area (Å²) < 4.78 is 16.2. The molecular weight excluding hydrogens is 591 g/mol. The van der Waals surface area contributed by atoms with E-state index in [0.29, 0.717) is 30.8 Å². The fourth-order valence-electron chi connectivity index (χ4n) is 9.26. The Balaban J connectivity index is 1.15. The lowest BCUT2D eigenvalue weighted by atomic mass is 9.51. The van der Waals surface area contributed by atoms with Crippen LogP contribution in [0.4, 0.5) is 10.1 Å². The average Bonchev–Trinajstić information content (AvgIpc) is 3.35. The maximum absolute atomic E-state index is 16.2. The van der Waals surface area contributed by atoms with Crippen LogP contribution in [0.25, 0.3) is 0 Å². The Morgan fingerprint density at radius 3 is 2.47 bits per heavy atom. The number of aliphatic hydroxyl groups excluding tert-OH is 1. The van der Waals surface area contributed by atoms with Crippen LogP contribution in [0.5, 0.6) is 5.75 Å². The van der Waals surface area contributed by atoms with Crippen LogP contribution < -0.4 is 5.32 Å². The highest BCUT2D eigenvalue weighted by atomic mass is 19.1. The van der Waals surface area contributed by atoms with Gasteiger partial charge in [-0.25, -0.2) is 4.39 Å². The number of unbranched alkanes of at least 4 members (excludes halogenated alkanes) is 1. The molecule has 3 aliphatic rings. The van der Waals surface area contributed by atoms with Crippen LogP contribution >= 0.6 is 0 Å². The van der Waals surface area contributed by atoms with Crippen LogP contribution in [0.15, 0.2) is 72.8 Å². The van der Waals surface area contributed by atoms with Crippen molar-refractivity contribution in [2.75, 3.05) is 18.4 Å². The van der Waals surface area contributed by atoms with Crippen molar-refractivity contribution in [1.29, 1.82) is 0 Å². The van der Waals surface area contributed by atoms with Crippen molar-refractivity contribution in [3.63, 3.8) is 0 Å². The topological polar surface area (TPSA) is 89.9 Å². The van der Waals surface area contributed by atoms with Gasteiger partial charge in [0, 0.05) is 37.2 Å². The molecule has 6 rings (SSSR count). The van der Waals surface area contributed by atoms with Gasteiger partial charge in [-0.05, 0) is 128 Å². The zero-order chi connectivity index (χ0) is 33.1. The second-order valence-electron chi connectivity index (χ2n) is 14.5. The Bertz CT molecular complexity index is 1550. The molecule has 0 spiro atoms. The van der Waals surface area contributed by atoms with Crippen LogP contribution in [0.1, 0.15) is 91.8 Å². The van der Waals surface area contributed by atoms with Crippen molar-refractivity contribution < 1.29 is 24.2 Å². The van der Waals surface area contributed by atoms with Gasteiger partial charge >= 0.3 is 0 Å². The molecule has 0 bridgehead atoms. The van der Waals surface area contributed by atoms with Crippen molar-refractivity contribution in [3.05, 3.63) is 95.1 Å². The third kappa shape index (κ3) is 7.11. The number of nitrogens with zero attached hydrogens (tertiary/aromatic N) is 1. The minimum Gasteiger partial charge on any atom is -0.508 e. The third-order valence-corrected chi connectivity index (χ3v) is 11.5. The molecule has 3 N–H and O–H groups in total. The number of amides is 2. The molecule has 6 nitrogen and oxygen atoms in total. The molecule has 2 fully saturated rings. The molecule has 2 amide bonds. The second-order valence-corrected chi connectivity index (χ2v) is 14.5. The number of alkyl halides is 1. The number of halogens is 1. The number of carbonyl (C=O) groups excluding carboxylic acids is 2. The first-order valence-electron chi connectivity index (χ1n) is 17.5. The Labute approximate surface area is 278 Å². The van der Waals surface area contributed by atoms with E-state index in [4.69, 9.17) is 0 Å². The van der Waals surface area contributed by atoms with Crippen molar-refractivity contribution in [1.82, 2.24) is 4.90 Å². The largest absolute Gasteiger partial charge is 0.508 e. The normalized spacial score (nSPS) is 27.7. The van der Waals surface area contributed by atoms with Crippen LogP contribution in [0.2, 0.25) is 0 Å². The van der Waals surface area contributed by atoms with Crippen molar-refractivity contribution in [2.24, 2.45) is 23.2 Å². The average molecular weight is 641 g/mol. The summed E-state index contributed by atoms with van der Waals surface area (Å²) in [6.07, 6.45) is 5.79. The van der Waals surface area contributed by atoms with Gasteiger partial charge in [-0.1, -0.05) is 49.7 Å². The number of aromatic hydroxyl groups is 1. The summed E-state index contributed by atoms with van der Waals surface area (Å²) >= 11 is 0. The minimum atomic E-state index is -1.02. The summed E-state index contributed by atoms with van der Waals surface area (Å²) in [5.41, 5.74) is 4.21. The van der Waals surface area contributed by atoms with Crippen LogP contribution in [-0.2, 0) is 17.6 Å². The van der Waals surface area contributed by atoms with E-state index < -0.39 is 17.7 Å². The van der Waals surface area contributed by atoms with E-state index in [-0.39, 0.29) is 41.2 Å². The zero-order valence-corrected chi connectivity index (χ0v) is 27.7. The lowest BCUT2D eigenvalue weighted by molar-refractivity contribution is -0.114. The highest BCUT2D eigenvalue weighted by molar-refractivity contribution is 5.95. The third-order valence-electron chi connectivity index (χ3n) is 11.5.